The van der Waals surface area contributed by atoms with Gasteiger partial charge in [0.1, 0.15) is 0 Å². The van der Waals surface area contributed by atoms with Crippen LogP contribution >= 0.6 is 11.8 Å². The molecule has 1 heterocycles. The number of hydrogen-bond donors (Lipinski definition) is 1. The maximum atomic E-state index is 8.84. The van der Waals surface area contributed by atoms with Crippen molar-refractivity contribution in [1.82, 2.24) is 9.78 Å². The Morgan fingerprint density at radius 3 is 2.71 bits per heavy atom. The molecule has 0 amide bonds. The molecule has 0 radical (unpaired) electrons. The van der Waals surface area contributed by atoms with Gasteiger partial charge in [0.25, 0.3) is 0 Å². The van der Waals surface area contributed by atoms with E-state index in [4.69, 9.17) is 5.11 Å². The molecule has 0 aromatic carbocycles. The van der Waals surface area contributed by atoms with Crippen molar-refractivity contribution in [2.45, 2.75) is 57.1 Å². The molecule has 1 N–H and O–H groups in total. The van der Waals surface area contributed by atoms with Gasteiger partial charge in [-0.3, -0.25) is 4.68 Å². The number of rotatable bonds is 8. The molecule has 0 aliphatic rings. The molecule has 0 aliphatic carbocycles. The first kappa shape index (κ1) is 14.6. The minimum absolute atomic E-state index is 0.274. The maximum Gasteiger partial charge on any atom is 0.0723 e. The van der Waals surface area contributed by atoms with Crippen molar-refractivity contribution in [2.24, 2.45) is 0 Å². The highest BCUT2D eigenvalue weighted by Gasteiger charge is 2.09. The molecule has 0 spiro atoms. The van der Waals surface area contributed by atoms with Crippen LogP contribution in [0.4, 0.5) is 0 Å². The summed E-state index contributed by atoms with van der Waals surface area (Å²) in [6.07, 6.45) is 5.21. The smallest absolute Gasteiger partial charge is 0.0723 e. The molecule has 0 saturated heterocycles. The number of hydrogen-bond acceptors (Lipinski definition) is 3. The molecule has 17 heavy (non-hydrogen) atoms. The van der Waals surface area contributed by atoms with E-state index in [1.165, 1.54) is 0 Å². The van der Waals surface area contributed by atoms with Crippen molar-refractivity contribution in [2.75, 3.05) is 6.61 Å². The van der Waals surface area contributed by atoms with Gasteiger partial charge in [-0.1, -0.05) is 20.8 Å². The van der Waals surface area contributed by atoms with Crippen LogP contribution in [-0.4, -0.2) is 26.7 Å². The van der Waals surface area contributed by atoms with Crippen molar-refractivity contribution >= 4 is 11.8 Å². The molecule has 0 saturated carbocycles. The molecule has 98 valence electrons. The van der Waals surface area contributed by atoms with Gasteiger partial charge in [0.2, 0.25) is 0 Å². The summed E-state index contributed by atoms with van der Waals surface area (Å²) in [4.78, 5) is 0. The lowest BCUT2D eigenvalue weighted by Crippen LogP contribution is -2.08. The summed E-state index contributed by atoms with van der Waals surface area (Å²) >= 11 is 1.86. The topological polar surface area (TPSA) is 38.0 Å². The number of thioether (sulfide) groups is 1. The van der Waals surface area contributed by atoms with Gasteiger partial charge in [-0.25, -0.2) is 0 Å². The van der Waals surface area contributed by atoms with Gasteiger partial charge in [0.05, 0.1) is 11.7 Å². The third kappa shape index (κ3) is 4.72. The first-order valence-electron chi connectivity index (χ1n) is 6.47. The Kier molecular flexibility index (Phi) is 6.66. The van der Waals surface area contributed by atoms with Gasteiger partial charge < -0.3 is 5.11 Å². The van der Waals surface area contributed by atoms with Crippen molar-refractivity contribution in [3.05, 3.63) is 18.0 Å². The molecule has 3 nitrogen and oxygen atoms in total. The molecule has 0 fully saturated rings. The van der Waals surface area contributed by atoms with Crippen LogP contribution in [0.1, 0.15) is 51.8 Å². The highest BCUT2D eigenvalue weighted by molar-refractivity contribution is 7.99. The Hall–Kier alpha value is -0.480. The molecular formula is C13H24N2OS. The zero-order valence-electron chi connectivity index (χ0n) is 11.1. The second-order valence-corrected chi connectivity index (χ2v) is 5.82. The lowest BCUT2D eigenvalue weighted by atomic mass is 10.2. The summed E-state index contributed by atoms with van der Waals surface area (Å²) in [7, 11) is 0. The van der Waals surface area contributed by atoms with Crippen LogP contribution in [0.15, 0.2) is 12.3 Å². The Labute approximate surface area is 109 Å². The zero-order chi connectivity index (χ0) is 12.7. The van der Waals surface area contributed by atoms with Crippen LogP contribution in [0.5, 0.6) is 0 Å². The summed E-state index contributed by atoms with van der Waals surface area (Å²) in [6, 6.07) is 2.64. The number of nitrogens with zero attached hydrogens (tertiary/aromatic N) is 2. The SMILES string of the molecule is CCC(CC)n1ccc(CSC(C)CCO)n1. The highest BCUT2D eigenvalue weighted by Crippen LogP contribution is 2.20. The van der Waals surface area contributed by atoms with E-state index in [2.05, 4.69) is 42.8 Å². The fourth-order valence-electron chi connectivity index (χ4n) is 1.81. The van der Waals surface area contributed by atoms with Crippen LogP contribution < -0.4 is 0 Å². The van der Waals surface area contributed by atoms with Gasteiger partial charge in [0, 0.05) is 23.8 Å². The molecule has 0 bridgehead atoms. The Balaban J connectivity index is 2.45. The summed E-state index contributed by atoms with van der Waals surface area (Å²) in [5, 5.41) is 14.0. The van der Waals surface area contributed by atoms with E-state index >= 15 is 0 Å². The molecular weight excluding hydrogens is 232 g/mol. The van der Waals surface area contributed by atoms with Crippen LogP contribution in [0, 0.1) is 0 Å². The van der Waals surface area contributed by atoms with Gasteiger partial charge in [-0.05, 0) is 25.3 Å². The third-order valence-electron chi connectivity index (χ3n) is 3.03. The lowest BCUT2D eigenvalue weighted by molar-refractivity contribution is 0.289. The van der Waals surface area contributed by atoms with Gasteiger partial charge in [0.15, 0.2) is 0 Å². The summed E-state index contributed by atoms with van der Waals surface area (Å²) < 4.78 is 2.09. The van der Waals surface area contributed by atoms with Crippen LogP contribution in [-0.2, 0) is 5.75 Å². The second kappa shape index (κ2) is 7.77. The van der Waals surface area contributed by atoms with Gasteiger partial charge in [-0.2, -0.15) is 16.9 Å². The molecule has 0 aliphatic heterocycles. The number of aromatic nitrogens is 2. The van der Waals surface area contributed by atoms with Crippen molar-refractivity contribution in [1.29, 1.82) is 0 Å². The fourth-order valence-corrected chi connectivity index (χ4v) is 2.69. The van der Waals surface area contributed by atoms with Crippen molar-refractivity contribution in [3.8, 4) is 0 Å². The van der Waals surface area contributed by atoms with Crippen LogP contribution in [0.3, 0.4) is 0 Å². The van der Waals surface area contributed by atoms with Gasteiger partial charge in [-0.15, -0.1) is 0 Å². The number of aliphatic hydroxyl groups excluding tert-OH is 1. The van der Waals surface area contributed by atoms with Crippen molar-refractivity contribution < 1.29 is 5.11 Å². The van der Waals surface area contributed by atoms with Crippen molar-refractivity contribution in [3.63, 3.8) is 0 Å². The minimum Gasteiger partial charge on any atom is -0.396 e. The first-order chi connectivity index (χ1) is 8.21. The van der Waals surface area contributed by atoms with E-state index in [-0.39, 0.29) is 6.61 Å². The Morgan fingerprint density at radius 1 is 1.41 bits per heavy atom. The quantitative estimate of drug-likeness (QED) is 0.776. The summed E-state index contributed by atoms with van der Waals surface area (Å²) in [5.41, 5.74) is 1.15. The average Bonchev–Trinajstić information content (AvgIpc) is 2.77. The normalized spacial score (nSPS) is 13.2. The predicted molar refractivity (Wildman–Crippen MR) is 74.3 cm³/mol. The molecule has 1 unspecified atom stereocenters. The molecule has 1 aromatic rings. The van der Waals surface area contributed by atoms with Crippen LogP contribution in [0.2, 0.25) is 0 Å². The van der Waals surface area contributed by atoms with E-state index in [0.29, 0.717) is 11.3 Å². The summed E-state index contributed by atoms with van der Waals surface area (Å²) in [5.74, 6) is 0.939. The summed E-state index contributed by atoms with van der Waals surface area (Å²) in [6.45, 7) is 6.83. The van der Waals surface area contributed by atoms with Gasteiger partial charge >= 0.3 is 0 Å². The fraction of sp³-hybridized carbons (Fsp3) is 0.769. The standard InChI is InChI=1S/C13H24N2OS/c1-4-13(5-2)15-8-6-12(14-15)10-17-11(3)7-9-16/h6,8,11,13,16H,4-5,7,9-10H2,1-3H3. The lowest BCUT2D eigenvalue weighted by Gasteiger charge is -2.12. The molecule has 1 atom stereocenters. The first-order valence-corrected chi connectivity index (χ1v) is 7.52. The highest BCUT2D eigenvalue weighted by atomic mass is 32.2. The Bertz CT molecular complexity index is 310. The molecule has 1 aromatic heterocycles. The third-order valence-corrected chi connectivity index (χ3v) is 4.30. The molecule has 4 heteroatoms. The predicted octanol–water partition coefficient (Wildman–Crippen LogP) is 3.25. The monoisotopic (exact) mass is 256 g/mol. The second-order valence-electron chi connectivity index (χ2n) is 4.39. The molecule has 1 rings (SSSR count). The van der Waals surface area contributed by atoms with E-state index in [9.17, 15) is 0 Å². The van der Waals surface area contributed by atoms with Crippen LogP contribution in [0.25, 0.3) is 0 Å². The zero-order valence-corrected chi connectivity index (χ0v) is 11.9. The van der Waals surface area contributed by atoms with E-state index in [1.807, 2.05) is 11.8 Å². The minimum atomic E-state index is 0.274. The average molecular weight is 256 g/mol. The number of aliphatic hydroxyl groups is 1. The van der Waals surface area contributed by atoms with E-state index < -0.39 is 0 Å². The van der Waals surface area contributed by atoms with E-state index in [0.717, 1.165) is 30.7 Å². The maximum absolute atomic E-state index is 8.84. The van der Waals surface area contributed by atoms with E-state index in [1.54, 1.807) is 0 Å². The Morgan fingerprint density at radius 2 is 2.12 bits per heavy atom. The largest absolute Gasteiger partial charge is 0.396 e.